The van der Waals surface area contributed by atoms with Gasteiger partial charge in [0.1, 0.15) is 5.82 Å². The molecule has 2 aliphatic rings. The van der Waals surface area contributed by atoms with E-state index in [2.05, 4.69) is 21.3 Å². The number of halogens is 1. The smallest absolute Gasteiger partial charge is 0.223 e. The molecule has 1 saturated heterocycles. The van der Waals surface area contributed by atoms with Crippen molar-refractivity contribution in [2.24, 2.45) is 5.92 Å². The van der Waals surface area contributed by atoms with E-state index < -0.39 is 0 Å². The Kier molecular flexibility index (Phi) is 5.68. The minimum atomic E-state index is -0.142. The Bertz CT molecular complexity index is 1080. The number of carbonyl (C=O) groups excluding carboxylic acids is 1. The van der Waals surface area contributed by atoms with Gasteiger partial charge in [0, 0.05) is 48.6 Å². The zero-order chi connectivity index (χ0) is 21.2. The van der Waals surface area contributed by atoms with Crippen LogP contribution in [0.1, 0.15) is 42.9 Å². The van der Waals surface area contributed by atoms with Crippen LogP contribution in [-0.2, 0) is 17.9 Å². The monoisotopic (exact) mass is 421 g/mol. The predicted octanol–water partition coefficient (Wildman–Crippen LogP) is 3.48. The van der Waals surface area contributed by atoms with Crippen LogP contribution in [-0.4, -0.2) is 45.2 Å². The Balaban J connectivity index is 1.31. The number of piperidine rings is 1. The van der Waals surface area contributed by atoms with Gasteiger partial charge < -0.3 is 5.32 Å². The molecule has 0 unspecified atom stereocenters. The van der Waals surface area contributed by atoms with E-state index in [0.717, 1.165) is 61.1 Å². The first-order chi connectivity index (χ1) is 15.2. The van der Waals surface area contributed by atoms with Gasteiger partial charge in [-0.15, -0.1) is 0 Å². The summed E-state index contributed by atoms with van der Waals surface area (Å²) >= 11 is 0. The first-order valence-electron chi connectivity index (χ1n) is 11.2. The third-order valence-electron chi connectivity index (χ3n) is 6.35. The van der Waals surface area contributed by atoms with E-state index in [9.17, 15) is 9.18 Å². The summed E-state index contributed by atoms with van der Waals surface area (Å²) in [5.74, 6) is 0.512. The molecule has 1 saturated carbocycles. The van der Waals surface area contributed by atoms with Crippen molar-refractivity contribution in [1.82, 2.24) is 25.0 Å². The highest BCUT2D eigenvalue weighted by Gasteiger charge is 2.29. The topological polar surface area (TPSA) is 63.1 Å². The fraction of sp³-hybridized carbons (Fsp3) is 0.458. The van der Waals surface area contributed by atoms with Gasteiger partial charge in [0.25, 0.3) is 0 Å². The maximum Gasteiger partial charge on any atom is 0.223 e. The van der Waals surface area contributed by atoms with Crippen LogP contribution < -0.4 is 5.32 Å². The quantitative estimate of drug-likeness (QED) is 0.635. The van der Waals surface area contributed by atoms with Crippen molar-refractivity contribution in [2.75, 3.05) is 19.6 Å². The average molecular weight is 422 g/mol. The van der Waals surface area contributed by atoms with Crippen LogP contribution in [0.15, 0.2) is 42.6 Å². The lowest BCUT2D eigenvalue weighted by Crippen LogP contribution is -2.34. The van der Waals surface area contributed by atoms with Crippen molar-refractivity contribution >= 4 is 16.9 Å². The van der Waals surface area contributed by atoms with Gasteiger partial charge in [-0.25, -0.2) is 14.1 Å². The summed E-state index contributed by atoms with van der Waals surface area (Å²) in [6, 6.07) is 11.0. The Morgan fingerprint density at radius 3 is 2.87 bits per heavy atom. The van der Waals surface area contributed by atoms with Crippen LogP contribution >= 0.6 is 0 Å². The van der Waals surface area contributed by atoms with Crippen LogP contribution in [0.25, 0.3) is 11.0 Å². The van der Waals surface area contributed by atoms with Crippen LogP contribution in [0.3, 0.4) is 0 Å². The molecule has 162 valence electrons. The molecule has 31 heavy (non-hydrogen) atoms. The molecule has 1 aliphatic carbocycles. The number of amides is 1. The summed E-state index contributed by atoms with van der Waals surface area (Å²) in [5, 5.41) is 9.02. The van der Waals surface area contributed by atoms with Crippen LogP contribution in [0.4, 0.5) is 4.39 Å². The Labute approximate surface area is 181 Å². The highest BCUT2D eigenvalue weighted by Crippen LogP contribution is 2.32. The van der Waals surface area contributed by atoms with Gasteiger partial charge in [0.15, 0.2) is 5.65 Å². The number of likely N-dealkylation sites (tertiary alicyclic amines) is 1. The Morgan fingerprint density at radius 1 is 1.16 bits per heavy atom. The number of benzene rings is 1. The molecule has 0 spiro atoms. The maximum atomic E-state index is 14.1. The van der Waals surface area contributed by atoms with Crippen molar-refractivity contribution in [2.45, 2.75) is 44.7 Å². The number of hydrogen-bond acceptors (Lipinski definition) is 4. The van der Waals surface area contributed by atoms with Crippen molar-refractivity contribution in [3.63, 3.8) is 0 Å². The van der Waals surface area contributed by atoms with E-state index in [1.165, 1.54) is 6.07 Å². The van der Waals surface area contributed by atoms with Crippen molar-refractivity contribution in [3.8, 4) is 0 Å². The van der Waals surface area contributed by atoms with Gasteiger partial charge in [-0.2, -0.15) is 5.10 Å². The minimum Gasteiger partial charge on any atom is -0.354 e. The molecule has 6 nitrogen and oxygen atoms in total. The van der Waals surface area contributed by atoms with Gasteiger partial charge >= 0.3 is 0 Å². The van der Waals surface area contributed by atoms with E-state index in [0.29, 0.717) is 19.6 Å². The summed E-state index contributed by atoms with van der Waals surface area (Å²) in [6.45, 7) is 3.61. The number of carbonyl (C=O) groups is 1. The Hall–Kier alpha value is -2.80. The lowest BCUT2D eigenvalue weighted by molar-refractivity contribution is -0.122. The molecule has 1 amide bonds. The second-order valence-corrected chi connectivity index (χ2v) is 8.71. The highest BCUT2D eigenvalue weighted by molar-refractivity contribution is 5.81. The molecule has 7 heteroatoms. The van der Waals surface area contributed by atoms with Gasteiger partial charge in [0.2, 0.25) is 5.91 Å². The van der Waals surface area contributed by atoms with Crippen molar-refractivity contribution in [1.29, 1.82) is 0 Å². The van der Waals surface area contributed by atoms with Crippen molar-refractivity contribution < 1.29 is 9.18 Å². The minimum absolute atomic E-state index is 0.142. The normalized spacial score (nSPS) is 19.6. The van der Waals surface area contributed by atoms with Gasteiger partial charge in [-0.1, -0.05) is 18.2 Å². The first-order valence-corrected chi connectivity index (χ1v) is 11.2. The molecule has 3 aromatic rings. The van der Waals surface area contributed by atoms with E-state index in [-0.39, 0.29) is 23.6 Å². The molecule has 1 aliphatic heterocycles. The lowest BCUT2D eigenvalue weighted by atomic mass is 9.93. The molecule has 1 aromatic carbocycles. The lowest BCUT2D eigenvalue weighted by Gasteiger charge is -2.32. The summed E-state index contributed by atoms with van der Waals surface area (Å²) in [6.07, 6.45) is 5.93. The molecule has 5 rings (SSSR count). The number of pyridine rings is 1. The molecule has 0 radical (unpaired) electrons. The highest BCUT2D eigenvalue weighted by atomic mass is 19.1. The number of hydrogen-bond donors (Lipinski definition) is 1. The largest absolute Gasteiger partial charge is 0.354 e. The first kappa shape index (κ1) is 20.1. The third kappa shape index (κ3) is 4.46. The number of nitrogens with one attached hydrogen (secondary N) is 1. The summed E-state index contributed by atoms with van der Waals surface area (Å²) in [5.41, 5.74) is 2.67. The molecule has 0 bridgehead atoms. The van der Waals surface area contributed by atoms with Gasteiger partial charge in [-0.3, -0.25) is 9.69 Å². The third-order valence-corrected chi connectivity index (χ3v) is 6.35. The number of fused-ring (bicyclic) bond motifs is 1. The number of rotatable bonds is 7. The second kappa shape index (κ2) is 8.75. The van der Waals surface area contributed by atoms with E-state index >= 15 is 0 Å². The van der Waals surface area contributed by atoms with E-state index in [4.69, 9.17) is 5.10 Å². The summed E-state index contributed by atoms with van der Waals surface area (Å²) in [7, 11) is 0. The molecular formula is C24H28FN5O. The van der Waals surface area contributed by atoms with E-state index in [1.54, 1.807) is 12.3 Å². The SMILES string of the molecule is O=C(NCCn1nc([C@@H]2CCCN(Cc3ccccc3F)C2)c2cccnc21)C1CC1. The molecule has 3 heterocycles. The summed E-state index contributed by atoms with van der Waals surface area (Å²) < 4.78 is 16.0. The average Bonchev–Trinajstić information content (AvgIpc) is 3.58. The summed E-state index contributed by atoms with van der Waals surface area (Å²) in [4.78, 5) is 18.8. The molecule has 2 fully saturated rings. The maximum absolute atomic E-state index is 14.1. The second-order valence-electron chi connectivity index (χ2n) is 8.71. The van der Waals surface area contributed by atoms with Crippen LogP contribution in [0, 0.1) is 11.7 Å². The fourth-order valence-corrected chi connectivity index (χ4v) is 4.56. The van der Waals surface area contributed by atoms with E-state index in [1.807, 2.05) is 22.9 Å². The molecule has 1 N–H and O–H groups in total. The molecular weight excluding hydrogens is 393 g/mol. The predicted molar refractivity (Wildman–Crippen MR) is 117 cm³/mol. The zero-order valence-corrected chi connectivity index (χ0v) is 17.6. The van der Waals surface area contributed by atoms with Gasteiger partial charge in [0.05, 0.1) is 12.2 Å². The zero-order valence-electron chi connectivity index (χ0n) is 17.6. The Morgan fingerprint density at radius 2 is 2.03 bits per heavy atom. The molecule has 2 aromatic heterocycles. The number of aromatic nitrogens is 3. The fourth-order valence-electron chi connectivity index (χ4n) is 4.56. The van der Waals surface area contributed by atoms with Crippen LogP contribution in [0.5, 0.6) is 0 Å². The molecule has 1 atom stereocenters. The van der Waals surface area contributed by atoms with Gasteiger partial charge in [-0.05, 0) is 50.4 Å². The standard InChI is InChI=1S/C24H28FN5O/c25-21-8-2-1-5-18(21)15-29-13-4-6-19(16-29)22-20-7-3-11-26-23(20)30(28-22)14-12-27-24(31)17-9-10-17/h1-3,5,7-8,11,17,19H,4,6,9-10,12-16H2,(H,27,31)/t19-/m1/s1. The number of nitrogens with zero attached hydrogens (tertiary/aromatic N) is 4. The van der Waals surface area contributed by atoms with Crippen molar-refractivity contribution in [3.05, 3.63) is 59.7 Å². The van der Waals surface area contributed by atoms with Crippen LogP contribution in [0.2, 0.25) is 0 Å².